The number of nitro groups is 1. The lowest BCUT2D eigenvalue weighted by Crippen LogP contribution is -2.28. The molecule has 2 aromatic carbocycles. The Morgan fingerprint density at radius 3 is 2.50 bits per heavy atom. The molecule has 0 aliphatic carbocycles. The molecule has 8 heteroatoms. The van der Waals surface area contributed by atoms with Crippen LogP contribution in [0.1, 0.15) is 18.4 Å². The van der Waals surface area contributed by atoms with Crippen LogP contribution in [0.3, 0.4) is 0 Å². The van der Waals surface area contributed by atoms with Gasteiger partial charge in [0.05, 0.1) is 24.1 Å². The molecule has 0 aromatic heterocycles. The molecule has 1 fully saturated rings. The van der Waals surface area contributed by atoms with Crippen LogP contribution in [-0.2, 0) is 16.2 Å². The maximum absolute atomic E-state index is 10.7. The van der Waals surface area contributed by atoms with Crippen molar-refractivity contribution in [1.82, 2.24) is 4.90 Å². The normalized spacial score (nSPS) is 15.2. The molecule has 3 rings (SSSR count). The number of carbonyl (C=O) groups excluding carboxylic acids is 2. The van der Waals surface area contributed by atoms with Crippen molar-refractivity contribution in [1.29, 1.82) is 0 Å². The molecule has 0 N–H and O–H groups in total. The van der Waals surface area contributed by atoms with Crippen LogP contribution in [0.4, 0.5) is 5.69 Å². The molecule has 28 heavy (non-hydrogen) atoms. The predicted octanol–water partition coefficient (Wildman–Crippen LogP) is 2.99. The molecule has 0 radical (unpaired) electrons. The molecule has 1 saturated heterocycles. The van der Waals surface area contributed by atoms with Gasteiger partial charge in [-0.1, -0.05) is 30.3 Å². The van der Waals surface area contributed by atoms with Crippen LogP contribution in [-0.4, -0.2) is 42.2 Å². The summed E-state index contributed by atoms with van der Waals surface area (Å²) in [5.74, 6) is 0.835. The summed E-state index contributed by atoms with van der Waals surface area (Å²) < 4.78 is 10.7. The van der Waals surface area contributed by atoms with E-state index in [1.54, 1.807) is 0 Å². The molecular weight excluding hydrogens is 364 g/mol. The van der Waals surface area contributed by atoms with Gasteiger partial charge in [0.15, 0.2) is 11.5 Å². The van der Waals surface area contributed by atoms with Gasteiger partial charge in [0.1, 0.15) is 12.9 Å². The van der Waals surface area contributed by atoms with Crippen LogP contribution in [0, 0.1) is 10.1 Å². The van der Waals surface area contributed by atoms with E-state index >= 15 is 0 Å². The quantitative estimate of drug-likeness (QED) is 0.412. The first-order valence-corrected chi connectivity index (χ1v) is 8.74. The monoisotopic (exact) mass is 386 g/mol. The smallest absolute Gasteiger partial charge is 0.273 e. The van der Waals surface area contributed by atoms with E-state index in [1.165, 1.54) is 30.2 Å². The summed E-state index contributed by atoms with van der Waals surface area (Å²) in [7, 11) is 1.50. The highest BCUT2D eigenvalue weighted by atomic mass is 16.6. The van der Waals surface area contributed by atoms with Gasteiger partial charge in [-0.3, -0.25) is 14.9 Å². The number of non-ortho nitro benzene ring substituents is 1. The second kappa shape index (κ2) is 10.7. The number of aldehydes is 1. The van der Waals surface area contributed by atoms with Gasteiger partial charge in [-0.2, -0.15) is 0 Å². The van der Waals surface area contributed by atoms with E-state index in [0.29, 0.717) is 18.1 Å². The number of amides is 1. The van der Waals surface area contributed by atoms with E-state index in [9.17, 15) is 19.7 Å². The van der Waals surface area contributed by atoms with Gasteiger partial charge in [0, 0.05) is 12.6 Å². The SMILES string of the molecule is COc1ccc([N+](=O)[O-])cc1OCc1ccccc1.O=CC1CCCN1C=O. The summed E-state index contributed by atoms with van der Waals surface area (Å²) in [6.07, 6.45) is 3.37. The van der Waals surface area contributed by atoms with Crippen LogP contribution in [0.5, 0.6) is 11.5 Å². The Morgan fingerprint density at radius 1 is 1.18 bits per heavy atom. The third-order valence-corrected chi connectivity index (χ3v) is 4.23. The van der Waals surface area contributed by atoms with E-state index in [0.717, 1.165) is 37.6 Å². The highest BCUT2D eigenvalue weighted by molar-refractivity contribution is 5.64. The number of likely N-dealkylation sites (tertiary alicyclic amines) is 1. The number of hydrogen-bond acceptors (Lipinski definition) is 6. The number of benzene rings is 2. The molecule has 1 aliphatic rings. The fraction of sp³-hybridized carbons (Fsp3) is 0.300. The summed E-state index contributed by atoms with van der Waals surface area (Å²) in [5.41, 5.74) is 0.958. The Balaban J connectivity index is 0.000000261. The fourth-order valence-electron chi connectivity index (χ4n) is 2.72. The van der Waals surface area contributed by atoms with Gasteiger partial charge in [0.2, 0.25) is 6.41 Å². The molecule has 1 aliphatic heterocycles. The molecule has 8 nitrogen and oxygen atoms in total. The zero-order valence-corrected chi connectivity index (χ0v) is 15.5. The van der Waals surface area contributed by atoms with Gasteiger partial charge in [-0.15, -0.1) is 0 Å². The minimum atomic E-state index is -0.463. The van der Waals surface area contributed by atoms with Crippen molar-refractivity contribution >= 4 is 18.4 Å². The Hall–Kier alpha value is -3.42. The standard InChI is InChI=1S/C14H13NO4.C6H9NO2/c1-18-13-8-7-12(15(16)17)9-14(13)19-10-11-5-3-2-4-6-11;8-4-6-2-1-3-7(6)5-9/h2-9H,10H2,1H3;4-6H,1-3H2. The average Bonchev–Trinajstić information content (AvgIpc) is 3.21. The largest absolute Gasteiger partial charge is 0.493 e. The number of nitrogens with zero attached hydrogens (tertiary/aromatic N) is 2. The van der Waals surface area contributed by atoms with Crippen molar-refractivity contribution in [3.05, 3.63) is 64.2 Å². The van der Waals surface area contributed by atoms with Crippen molar-refractivity contribution < 1.29 is 24.0 Å². The summed E-state index contributed by atoms with van der Waals surface area (Å²) in [5, 5.41) is 10.7. The zero-order chi connectivity index (χ0) is 20.4. The van der Waals surface area contributed by atoms with Crippen LogP contribution in [0.2, 0.25) is 0 Å². The maximum atomic E-state index is 10.7. The number of nitro benzene ring substituents is 1. The van der Waals surface area contributed by atoms with Gasteiger partial charge in [0.25, 0.3) is 5.69 Å². The molecule has 1 heterocycles. The van der Waals surface area contributed by atoms with E-state index in [2.05, 4.69) is 0 Å². The Labute approximate surface area is 162 Å². The third-order valence-electron chi connectivity index (χ3n) is 4.23. The van der Waals surface area contributed by atoms with Crippen molar-refractivity contribution in [2.75, 3.05) is 13.7 Å². The van der Waals surface area contributed by atoms with E-state index < -0.39 is 4.92 Å². The molecule has 0 saturated carbocycles. The van der Waals surface area contributed by atoms with Crippen LogP contribution in [0.25, 0.3) is 0 Å². The summed E-state index contributed by atoms with van der Waals surface area (Å²) in [6, 6.07) is 13.7. The zero-order valence-electron chi connectivity index (χ0n) is 15.5. The summed E-state index contributed by atoms with van der Waals surface area (Å²) >= 11 is 0. The first-order valence-electron chi connectivity index (χ1n) is 8.74. The van der Waals surface area contributed by atoms with Gasteiger partial charge >= 0.3 is 0 Å². The first kappa shape index (κ1) is 20.9. The molecule has 0 spiro atoms. The molecule has 1 amide bonds. The Bertz CT molecular complexity index is 783. The van der Waals surface area contributed by atoms with Gasteiger partial charge in [-0.25, -0.2) is 0 Å². The third kappa shape index (κ3) is 5.80. The molecule has 148 valence electrons. The molecule has 2 aromatic rings. The van der Waals surface area contributed by atoms with Crippen LogP contribution in [0.15, 0.2) is 48.5 Å². The van der Waals surface area contributed by atoms with Crippen LogP contribution < -0.4 is 9.47 Å². The second-order valence-corrected chi connectivity index (χ2v) is 6.06. The van der Waals surface area contributed by atoms with E-state index in [-0.39, 0.29) is 11.7 Å². The van der Waals surface area contributed by atoms with Crippen molar-refractivity contribution in [3.63, 3.8) is 0 Å². The number of hydrogen-bond donors (Lipinski definition) is 0. The Morgan fingerprint density at radius 2 is 1.93 bits per heavy atom. The number of carbonyl (C=O) groups is 2. The Kier molecular flexibility index (Phi) is 7.95. The average molecular weight is 386 g/mol. The molecular formula is C20H22N2O6. The van der Waals surface area contributed by atoms with Crippen LogP contribution >= 0.6 is 0 Å². The van der Waals surface area contributed by atoms with Crippen molar-refractivity contribution in [2.24, 2.45) is 0 Å². The second-order valence-electron chi connectivity index (χ2n) is 6.06. The predicted molar refractivity (Wildman–Crippen MR) is 102 cm³/mol. The maximum Gasteiger partial charge on any atom is 0.273 e. The van der Waals surface area contributed by atoms with Gasteiger partial charge < -0.3 is 19.2 Å². The van der Waals surface area contributed by atoms with E-state index in [1.807, 2.05) is 30.3 Å². The highest BCUT2D eigenvalue weighted by Crippen LogP contribution is 2.31. The number of rotatable bonds is 7. The minimum Gasteiger partial charge on any atom is -0.493 e. The molecule has 0 bridgehead atoms. The molecule has 1 unspecified atom stereocenters. The minimum absolute atomic E-state index is 0.0242. The number of methoxy groups -OCH3 is 1. The lowest BCUT2D eigenvalue weighted by atomic mass is 10.2. The first-order chi connectivity index (χ1) is 13.6. The highest BCUT2D eigenvalue weighted by Gasteiger charge is 2.21. The van der Waals surface area contributed by atoms with Crippen molar-refractivity contribution in [2.45, 2.75) is 25.5 Å². The number of ether oxygens (including phenoxy) is 2. The summed E-state index contributed by atoms with van der Waals surface area (Å²) in [6.45, 7) is 1.07. The topological polar surface area (TPSA) is 99.0 Å². The lowest BCUT2D eigenvalue weighted by Gasteiger charge is -2.11. The van der Waals surface area contributed by atoms with E-state index in [4.69, 9.17) is 9.47 Å². The molecule has 1 atom stereocenters. The summed E-state index contributed by atoms with van der Waals surface area (Å²) in [4.78, 5) is 32.1. The van der Waals surface area contributed by atoms with Gasteiger partial charge in [-0.05, 0) is 24.5 Å². The fourth-order valence-corrected chi connectivity index (χ4v) is 2.72. The van der Waals surface area contributed by atoms with Crippen molar-refractivity contribution in [3.8, 4) is 11.5 Å². The lowest BCUT2D eigenvalue weighted by molar-refractivity contribution is -0.385.